The molecule has 2 aromatic rings. The molecule has 0 radical (unpaired) electrons. The third-order valence-corrected chi connectivity index (χ3v) is 2.97. The fourth-order valence-electron chi connectivity index (χ4n) is 2.06. The SMILES string of the molecule is CC(Cc1cccc(N)c1)c1cccc(N)c1. The van der Waals surface area contributed by atoms with Gasteiger partial charge in [0, 0.05) is 11.4 Å². The molecule has 1 unspecified atom stereocenters. The van der Waals surface area contributed by atoms with E-state index in [4.69, 9.17) is 11.5 Å². The highest BCUT2D eigenvalue weighted by atomic mass is 14.5. The number of hydrogen-bond acceptors (Lipinski definition) is 2. The first kappa shape index (κ1) is 11.5. The molecule has 0 aliphatic heterocycles. The lowest BCUT2D eigenvalue weighted by Gasteiger charge is -2.13. The summed E-state index contributed by atoms with van der Waals surface area (Å²) in [4.78, 5) is 0. The summed E-state index contributed by atoms with van der Waals surface area (Å²) in [6.45, 7) is 2.21. The minimum atomic E-state index is 0.445. The van der Waals surface area contributed by atoms with Crippen molar-refractivity contribution in [2.45, 2.75) is 19.3 Å². The van der Waals surface area contributed by atoms with Crippen LogP contribution in [0.4, 0.5) is 11.4 Å². The van der Waals surface area contributed by atoms with Crippen molar-refractivity contribution in [1.29, 1.82) is 0 Å². The zero-order valence-electron chi connectivity index (χ0n) is 10.1. The molecule has 0 fully saturated rings. The van der Waals surface area contributed by atoms with Gasteiger partial charge in [-0.25, -0.2) is 0 Å². The van der Waals surface area contributed by atoms with Gasteiger partial charge in [0.2, 0.25) is 0 Å². The Bertz CT molecular complexity index is 506. The van der Waals surface area contributed by atoms with E-state index in [1.165, 1.54) is 11.1 Å². The monoisotopic (exact) mass is 226 g/mol. The Morgan fingerprint density at radius 3 is 2.24 bits per heavy atom. The maximum absolute atomic E-state index is 5.79. The van der Waals surface area contributed by atoms with Crippen molar-refractivity contribution in [3.05, 3.63) is 59.7 Å². The van der Waals surface area contributed by atoms with E-state index in [0.717, 1.165) is 17.8 Å². The van der Waals surface area contributed by atoms with Gasteiger partial charge >= 0.3 is 0 Å². The highest BCUT2D eigenvalue weighted by Gasteiger charge is 2.07. The molecule has 88 valence electrons. The fraction of sp³-hybridized carbons (Fsp3) is 0.200. The predicted molar refractivity (Wildman–Crippen MR) is 73.8 cm³/mol. The Hall–Kier alpha value is -1.96. The van der Waals surface area contributed by atoms with E-state index in [1.807, 2.05) is 36.4 Å². The van der Waals surface area contributed by atoms with Crippen molar-refractivity contribution < 1.29 is 0 Å². The smallest absolute Gasteiger partial charge is 0.0316 e. The maximum Gasteiger partial charge on any atom is 0.0316 e. The van der Waals surface area contributed by atoms with Crippen molar-refractivity contribution in [1.82, 2.24) is 0 Å². The van der Waals surface area contributed by atoms with Crippen LogP contribution in [0.1, 0.15) is 24.0 Å². The first-order chi connectivity index (χ1) is 8.15. The summed E-state index contributed by atoms with van der Waals surface area (Å²) in [5.41, 5.74) is 15.7. The van der Waals surface area contributed by atoms with Crippen molar-refractivity contribution in [3.63, 3.8) is 0 Å². The molecule has 4 N–H and O–H groups in total. The average molecular weight is 226 g/mol. The van der Waals surface area contributed by atoms with Gasteiger partial charge in [0.1, 0.15) is 0 Å². The first-order valence-electron chi connectivity index (χ1n) is 5.85. The van der Waals surface area contributed by atoms with E-state index >= 15 is 0 Å². The summed E-state index contributed by atoms with van der Waals surface area (Å²) in [5.74, 6) is 0.445. The Labute approximate surface area is 102 Å². The Kier molecular flexibility index (Phi) is 3.33. The van der Waals surface area contributed by atoms with Gasteiger partial charge < -0.3 is 11.5 Å². The third-order valence-electron chi connectivity index (χ3n) is 2.97. The molecule has 0 amide bonds. The van der Waals surface area contributed by atoms with Crippen molar-refractivity contribution >= 4 is 11.4 Å². The van der Waals surface area contributed by atoms with E-state index in [1.54, 1.807) is 0 Å². The van der Waals surface area contributed by atoms with E-state index in [2.05, 4.69) is 19.1 Å². The van der Waals surface area contributed by atoms with Crippen LogP contribution in [0, 0.1) is 0 Å². The summed E-state index contributed by atoms with van der Waals surface area (Å²) in [6, 6.07) is 16.1. The van der Waals surface area contributed by atoms with Crippen LogP contribution in [0.25, 0.3) is 0 Å². The van der Waals surface area contributed by atoms with Crippen LogP contribution in [0.2, 0.25) is 0 Å². The first-order valence-corrected chi connectivity index (χ1v) is 5.85. The molecule has 0 bridgehead atoms. The van der Waals surface area contributed by atoms with Crippen LogP contribution >= 0.6 is 0 Å². The van der Waals surface area contributed by atoms with Gasteiger partial charge in [0.15, 0.2) is 0 Å². The lowest BCUT2D eigenvalue weighted by atomic mass is 9.93. The predicted octanol–water partition coefficient (Wildman–Crippen LogP) is 3.20. The number of nitrogens with two attached hydrogens (primary N) is 2. The Morgan fingerprint density at radius 2 is 1.59 bits per heavy atom. The molecule has 1 atom stereocenters. The molecule has 0 saturated heterocycles. The van der Waals surface area contributed by atoms with Crippen LogP contribution in [-0.2, 0) is 6.42 Å². The van der Waals surface area contributed by atoms with Crippen LogP contribution < -0.4 is 11.5 Å². The number of benzene rings is 2. The number of hydrogen-bond donors (Lipinski definition) is 2. The minimum Gasteiger partial charge on any atom is -0.399 e. The standard InChI is InChI=1S/C15H18N2/c1-11(13-5-3-7-15(17)10-13)8-12-4-2-6-14(16)9-12/h2-7,9-11H,8,16-17H2,1H3. The summed E-state index contributed by atoms with van der Waals surface area (Å²) < 4.78 is 0. The zero-order valence-corrected chi connectivity index (χ0v) is 10.1. The van der Waals surface area contributed by atoms with Gasteiger partial charge in [-0.1, -0.05) is 31.2 Å². The maximum atomic E-state index is 5.79. The number of anilines is 2. The largest absolute Gasteiger partial charge is 0.399 e. The summed E-state index contributed by atoms with van der Waals surface area (Å²) in [5, 5.41) is 0. The average Bonchev–Trinajstić information content (AvgIpc) is 2.29. The van der Waals surface area contributed by atoms with E-state index < -0.39 is 0 Å². The molecular formula is C15H18N2. The van der Waals surface area contributed by atoms with Crippen LogP contribution in [0.3, 0.4) is 0 Å². The second kappa shape index (κ2) is 4.91. The Balaban J connectivity index is 2.14. The van der Waals surface area contributed by atoms with Gasteiger partial charge in [0.05, 0.1) is 0 Å². The molecule has 2 nitrogen and oxygen atoms in total. The molecule has 0 saturated carbocycles. The van der Waals surface area contributed by atoms with E-state index in [9.17, 15) is 0 Å². The fourth-order valence-corrected chi connectivity index (χ4v) is 2.06. The van der Waals surface area contributed by atoms with Crippen LogP contribution in [-0.4, -0.2) is 0 Å². The summed E-state index contributed by atoms with van der Waals surface area (Å²) in [7, 11) is 0. The molecule has 2 rings (SSSR count). The molecule has 0 aromatic heterocycles. The van der Waals surface area contributed by atoms with Crippen molar-refractivity contribution in [2.75, 3.05) is 11.5 Å². The third kappa shape index (κ3) is 3.00. The van der Waals surface area contributed by atoms with Crippen molar-refractivity contribution in [3.8, 4) is 0 Å². The second-order valence-electron chi connectivity index (χ2n) is 4.52. The van der Waals surface area contributed by atoms with E-state index in [-0.39, 0.29) is 0 Å². The van der Waals surface area contributed by atoms with Gasteiger partial charge in [-0.05, 0) is 47.7 Å². The molecule has 17 heavy (non-hydrogen) atoms. The minimum absolute atomic E-state index is 0.445. The molecule has 0 aliphatic carbocycles. The van der Waals surface area contributed by atoms with Crippen LogP contribution in [0.5, 0.6) is 0 Å². The molecular weight excluding hydrogens is 208 g/mol. The Morgan fingerprint density at radius 1 is 0.941 bits per heavy atom. The molecule has 0 aliphatic rings. The van der Waals surface area contributed by atoms with Crippen LogP contribution in [0.15, 0.2) is 48.5 Å². The number of rotatable bonds is 3. The summed E-state index contributed by atoms with van der Waals surface area (Å²) in [6.07, 6.45) is 0.981. The highest BCUT2D eigenvalue weighted by Crippen LogP contribution is 2.22. The normalized spacial score (nSPS) is 12.3. The summed E-state index contributed by atoms with van der Waals surface area (Å²) >= 11 is 0. The van der Waals surface area contributed by atoms with Gasteiger partial charge in [-0.15, -0.1) is 0 Å². The molecule has 2 aromatic carbocycles. The second-order valence-corrected chi connectivity index (χ2v) is 4.52. The zero-order chi connectivity index (χ0) is 12.3. The molecule has 0 spiro atoms. The lowest BCUT2D eigenvalue weighted by molar-refractivity contribution is 0.760. The highest BCUT2D eigenvalue weighted by molar-refractivity contribution is 5.43. The van der Waals surface area contributed by atoms with E-state index in [0.29, 0.717) is 5.92 Å². The lowest BCUT2D eigenvalue weighted by Crippen LogP contribution is -2.00. The van der Waals surface area contributed by atoms with Crippen molar-refractivity contribution in [2.24, 2.45) is 0 Å². The topological polar surface area (TPSA) is 52.0 Å². The van der Waals surface area contributed by atoms with Gasteiger partial charge in [0.25, 0.3) is 0 Å². The molecule has 0 heterocycles. The quantitative estimate of drug-likeness (QED) is 0.790. The number of nitrogen functional groups attached to an aromatic ring is 2. The molecule has 2 heteroatoms. The van der Waals surface area contributed by atoms with Gasteiger partial charge in [-0.3, -0.25) is 0 Å². The van der Waals surface area contributed by atoms with Gasteiger partial charge in [-0.2, -0.15) is 0 Å².